The Morgan fingerprint density at radius 3 is 2.14 bits per heavy atom. The normalized spacial score (nSPS) is 12.4. The summed E-state index contributed by atoms with van der Waals surface area (Å²) in [7, 11) is 3.21. The minimum Gasteiger partial charge on any atom is -0.493 e. The van der Waals surface area contributed by atoms with Gasteiger partial charge in [0, 0.05) is 10.5 Å². The molecule has 14 heavy (non-hydrogen) atoms. The first kappa shape index (κ1) is 11.3. The number of halogens is 1. The second-order valence-electron chi connectivity index (χ2n) is 3.02. The summed E-state index contributed by atoms with van der Waals surface area (Å²) in [6.45, 7) is 1.92. The largest absolute Gasteiger partial charge is 0.493 e. The van der Waals surface area contributed by atoms with Crippen LogP contribution in [0.25, 0.3) is 0 Å². The van der Waals surface area contributed by atoms with E-state index in [9.17, 15) is 0 Å². The lowest BCUT2D eigenvalue weighted by molar-refractivity contribution is 0.354. The Balaban J connectivity index is 3.23. The van der Waals surface area contributed by atoms with Crippen LogP contribution in [0.1, 0.15) is 18.5 Å². The molecule has 0 aliphatic carbocycles. The van der Waals surface area contributed by atoms with E-state index in [0.29, 0.717) is 11.5 Å². The monoisotopic (exact) mass is 259 g/mol. The van der Waals surface area contributed by atoms with Gasteiger partial charge in [-0.3, -0.25) is 0 Å². The molecule has 1 rings (SSSR count). The van der Waals surface area contributed by atoms with Gasteiger partial charge in [-0.15, -0.1) is 0 Å². The molecule has 2 N–H and O–H groups in total. The number of rotatable bonds is 3. The average Bonchev–Trinajstić information content (AvgIpc) is 2.16. The van der Waals surface area contributed by atoms with E-state index < -0.39 is 0 Å². The minimum absolute atomic E-state index is 0.0378. The fourth-order valence-corrected chi connectivity index (χ4v) is 1.90. The summed E-state index contributed by atoms with van der Waals surface area (Å²) < 4.78 is 11.3. The Morgan fingerprint density at radius 1 is 1.21 bits per heavy atom. The third kappa shape index (κ3) is 2.19. The molecule has 0 saturated heterocycles. The molecule has 0 amide bonds. The molecule has 1 aromatic carbocycles. The van der Waals surface area contributed by atoms with Gasteiger partial charge >= 0.3 is 0 Å². The maximum Gasteiger partial charge on any atom is 0.161 e. The second kappa shape index (κ2) is 4.66. The van der Waals surface area contributed by atoms with Gasteiger partial charge in [-0.05, 0) is 24.6 Å². The molecule has 3 nitrogen and oxygen atoms in total. The first-order valence-electron chi connectivity index (χ1n) is 4.27. The molecule has 0 bridgehead atoms. The van der Waals surface area contributed by atoms with Crippen molar-refractivity contribution in [3.8, 4) is 11.5 Å². The first-order chi connectivity index (χ1) is 6.60. The van der Waals surface area contributed by atoms with Crippen LogP contribution in [0, 0.1) is 0 Å². The van der Waals surface area contributed by atoms with Crippen molar-refractivity contribution in [1.29, 1.82) is 0 Å². The van der Waals surface area contributed by atoms with Crippen molar-refractivity contribution in [2.24, 2.45) is 5.73 Å². The van der Waals surface area contributed by atoms with Gasteiger partial charge in [-0.1, -0.05) is 15.9 Å². The molecule has 0 aromatic heterocycles. The van der Waals surface area contributed by atoms with E-state index >= 15 is 0 Å². The zero-order valence-electron chi connectivity index (χ0n) is 8.50. The highest BCUT2D eigenvalue weighted by atomic mass is 79.9. The lowest BCUT2D eigenvalue weighted by Crippen LogP contribution is -2.06. The van der Waals surface area contributed by atoms with Crippen LogP contribution >= 0.6 is 15.9 Å². The molecule has 0 unspecified atom stereocenters. The van der Waals surface area contributed by atoms with Gasteiger partial charge in [0.05, 0.1) is 14.2 Å². The predicted molar refractivity (Wildman–Crippen MR) is 59.8 cm³/mol. The summed E-state index contributed by atoms with van der Waals surface area (Å²) in [6.07, 6.45) is 0. The number of nitrogens with two attached hydrogens (primary N) is 1. The molecule has 78 valence electrons. The minimum atomic E-state index is -0.0378. The Bertz CT molecular complexity index is 326. The van der Waals surface area contributed by atoms with Crippen molar-refractivity contribution in [1.82, 2.24) is 0 Å². The third-order valence-corrected chi connectivity index (χ3v) is 2.68. The van der Waals surface area contributed by atoms with Crippen molar-refractivity contribution in [3.63, 3.8) is 0 Å². The fraction of sp³-hybridized carbons (Fsp3) is 0.400. The Hall–Kier alpha value is -0.740. The van der Waals surface area contributed by atoms with Gasteiger partial charge in [0.2, 0.25) is 0 Å². The number of benzene rings is 1. The molecule has 0 saturated carbocycles. The van der Waals surface area contributed by atoms with Gasteiger partial charge in [0.1, 0.15) is 0 Å². The van der Waals surface area contributed by atoms with Gasteiger partial charge < -0.3 is 15.2 Å². The average molecular weight is 260 g/mol. The summed E-state index contributed by atoms with van der Waals surface area (Å²) in [5, 5.41) is 0. The number of methoxy groups -OCH3 is 2. The van der Waals surface area contributed by atoms with Crippen LogP contribution in [0.3, 0.4) is 0 Å². The van der Waals surface area contributed by atoms with Crippen molar-refractivity contribution < 1.29 is 9.47 Å². The summed E-state index contributed by atoms with van der Waals surface area (Å²) in [5.41, 5.74) is 6.81. The first-order valence-corrected chi connectivity index (χ1v) is 5.06. The van der Waals surface area contributed by atoms with Crippen LogP contribution in [0.4, 0.5) is 0 Å². The smallest absolute Gasteiger partial charge is 0.161 e. The van der Waals surface area contributed by atoms with Gasteiger partial charge in [0.25, 0.3) is 0 Å². The van der Waals surface area contributed by atoms with Crippen LogP contribution in [-0.2, 0) is 0 Å². The van der Waals surface area contributed by atoms with E-state index in [4.69, 9.17) is 15.2 Å². The summed E-state index contributed by atoms with van der Waals surface area (Å²) >= 11 is 3.44. The third-order valence-electron chi connectivity index (χ3n) is 1.99. The molecule has 4 heteroatoms. The molecule has 0 aliphatic rings. The van der Waals surface area contributed by atoms with E-state index in [1.165, 1.54) is 0 Å². The van der Waals surface area contributed by atoms with E-state index in [0.717, 1.165) is 10.0 Å². The standard InChI is InChI=1S/C10H14BrNO2/c1-6(12)7-4-9(13-2)10(14-3)5-8(7)11/h4-6H,12H2,1-3H3/t6-/m0/s1. The molecule has 0 spiro atoms. The van der Waals surface area contributed by atoms with Crippen LogP contribution in [0.15, 0.2) is 16.6 Å². The summed E-state index contributed by atoms with van der Waals surface area (Å²) in [4.78, 5) is 0. The highest BCUT2D eigenvalue weighted by Crippen LogP contribution is 2.35. The molecule has 1 atom stereocenters. The van der Waals surface area contributed by atoms with Crippen molar-refractivity contribution in [2.75, 3.05) is 14.2 Å². The van der Waals surface area contributed by atoms with Gasteiger partial charge in [-0.2, -0.15) is 0 Å². The van der Waals surface area contributed by atoms with E-state index in [2.05, 4.69) is 15.9 Å². The van der Waals surface area contributed by atoms with Crippen molar-refractivity contribution >= 4 is 15.9 Å². The molecular weight excluding hydrogens is 246 g/mol. The van der Waals surface area contributed by atoms with Crippen LogP contribution < -0.4 is 15.2 Å². The lowest BCUT2D eigenvalue weighted by atomic mass is 10.1. The van der Waals surface area contributed by atoms with Gasteiger partial charge in [-0.25, -0.2) is 0 Å². The zero-order chi connectivity index (χ0) is 10.7. The quantitative estimate of drug-likeness (QED) is 0.908. The van der Waals surface area contributed by atoms with Crippen LogP contribution in [0.5, 0.6) is 11.5 Å². The highest BCUT2D eigenvalue weighted by Gasteiger charge is 2.11. The SMILES string of the molecule is COc1cc(Br)c([C@H](C)N)cc1OC. The van der Waals surface area contributed by atoms with Crippen LogP contribution in [-0.4, -0.2) is 14.2 Å². The maximum absolute atomic E-state index is 5.80. The number of hydrogen-bond donors (Lipinski definition) is 1. The molecule has 0 heterocycles. The summed E-state index contributed by atoms with van der Waals surface area (Å²) in [5.74, 6) is 1.40. The Labute approximate surface area is 92.3 Å². The predicted octanol–water partition coefficient (Wildman–Crippen LogP) is 2.49. The maximum atomic E-state index is 5.80. The zero-order valence-corrected chi connectivity index (χ0v) is 10.1. The van der Waals surface area contributed by atoms with E-state index in [-0.39, 0.29) is 6.04 Å². The molecule has 0 aliphatic heterocycles. The molecule has 0 fully saturated rings. The van der Waals surface area contributed by atoms with Crippen molar-refractivity contribution in [3.05, 3.63) is 22.2 Å². The van der Waals surface area contributed by atoms with Crippen molar-refractivity contribution in [2.45, 2.75) is 13.0 Å². The van der Waals surface area contributed by atoms with E-state index in [1.807, 2.05) is 19.1 Å². The fourth-order valence-electron chi connectivity index (χ4n) is 1.22. The number of hydrogen-bond acceptors (Lipinski definition) is 3. The molecule has 0 radical (unpaired) electrons. The lowest BCUT2D eigenvalue weighted by Gasteiger charge is -2.13. The number of ether oxygens (including phenoxy) is 2. The Kier molecular flexibility index (Phi) is 3.77. The topological polar surface area (TPSA) is 44.5 Å². The van der Waals surface area contributed by atoms with Crippen LogP contribution in [0.2, 0.25) is 0 Å². The summed E-state index contributed by atoms with van der Waals surface area (Å²) in [6, 6.07) is 3.70. The van der Waals surface area contributed by atoms with E-state index in [1.54, 1.807) is 14.2 Å². The molecular formula is C10H14BrNO2. The Morgan fingerprint density at radius 2 is 1.71 bits per heavy atom. The highest BCUT2D eigenvalue weighted by molar-refractivity contribution is 9.10. The second-order valence-corrected chi connectivity index (χ2v) is 3.87. The molecule has 1 aromatic rings. The van der Waals surface area contributed by atoms with Gasteiger partial charge in [0.15, 0.2) is 11.5 Å².